The molecule has 1 amide bonds. The molecule has 1 aliphatic rings. The molecule has 0 saturated carbocycles. The van der Waals surface area contributed by atoms with Crippen LogP contribution in [0.15, 0.2) is 48.7 Å². The summed E-state index contributed by atoms with van der Waals surface area (Å²) in [6, 6.07) is 9.72. The van der Waals surface area contributed by atoms with Crippen LogP contribution in [0.5, 0.6) is 0 Å². The number of nitrogens with one attached hydrogen (secondary N) is 2. The Bertz CT molecular complexity index is 1260. The lowest BCUT2D eigenvalue weighted by Crippen LogP contribution is -2.56. The minimum absolute atomic E-state index is 0.00498. The first-order valence-electron chi connectivity index (χ1n) is 12.7. The van der Waals surface area contributed by atoms with Gasteiger partial charge in [0.1, 0.15) is 6.04 Å². The standard InChI is InChI=1S/C28H33F3N6O/c1-4-19-15-34-27(35-23-12-17(2)11-18(3)13-23)36-24(19)16-33-22-9-10-37(25(14-22)28(29,30)31)26(38)20-5-7-21(32)8-6-20/h5-8,11-13,15,22,25,33H,4,9-10,14,16,32H2,1-3H3,(H,34,35,36). The Labute approximate surface area is 220 Å². The number of aryl methyl sites for hydroxylation is 3. The van der Waals surface area contributed by atoms with E-state index in [-0.39, 0.29) is 18.5 Å². The monoisotopic (exact) mass is 526 g/mol. The number of piperidine rings is 1. The number of hydrogen-bond donors (Lipinski definition) is 3. The number of nitrogen functional groups attached to an aromatic ring is 1. The van der Waals surface area contributed by atoms with Crippen LogP contribution in [0.3, 0.4) is 0 Å². The molecule has 7 nitrogen and oxygen atoms in total. The van der Waals surface area contributed by atoms with Crippen molar-refractivity contribution in [1.29, 1.82) is 0 Å². The van der Waals surface area contributed by atoms with Gasteiger partial charge in [0.05, 0.1) is 5.69 Å². The molecule has 2 aromatic carbocycles. The lowest BCUT2D eigenvalue weighted by molar-refractivity contribution is -0.185. The van der Waals surface area contributed by atoms with E-state index in [1.807, 2.05) is 32.9 Å². The zero-order valence-corrected chi connectivity index (χ0v) is 21.8. The van der Waals surface area contributed by atoms with Crippen molar-refractivity contribution in [2.45, 2.75) is 64.8 Å². The topological polar surface area (TPSA) is 96.2 Å². The molecule has 1 aromatic heterocycles. The molecule has 2 atom stereocenters. The number of nitrogens with zero attached hydrogens (tertiary/aromatic N) is 3. The van der Waals surface area contributed by atoms with Gasteiger partial charge in [-0.15, -0.1) is 0 Å². The third-order valence-electron chi connectivity index (χ3n) is 6.77. The zero-order chi connectivity index (χ0) is 27.4. The maximum Gasteiger partial charge on any atom is 0.408 e. The molecule has 202 valence electrons. The van der Waals surface area contributed by atoms with Crippen molar-refractivity contribution in [3.8, 4) is 0 Å². The fourth-order valence-corrected chi connectivity index (χ4v) is 4.86. The lowest BCUT2D eigenvalue weighted by Gasteiger charge is -2.40. The Morgan fingerprint density at radius 3 is 2.45 bits per heavy atom. The van der Waals surface area contributed by atoms with E-state index in [4.69, 9.17) is 5.73 Å². The number of rotatable bonds is 7. The molecule has 1 aliphatic heterocycles. The summed E-state index contributed by atoms with van der Waals surface area (Å²) >= 11 is 0. The maximum absolute atomic E-state index is 14.0. The van der Waals surface area contributed by atoms with Gasteiger partial charge in [0.15, 0.2) is 0 Å². The Morgan fingerprint density at radius 2 is 1.82 bits per heavy atom. The van der Waals surface area contributed by atoms with Gasteiger partial charge in [-0.05, 0) is 86.2 Å². The number of hydrogen-bond acceptors (Lipinski definition) is 6. The largest absolute Gasteiger partial charge is 0.408 e. The Kier molecular flexibility index (Phi) is 8.20. The Hall–Kier alpha value is -3.66. The fourth-order valence-electron chi connectivity index (χ4n) is 4.86. The van der Waals surface area contributed by atoms with Crippen LogP contribution in [0.2, 0.25) is 0 Å². The first-order valence-corrected chi connectivity index (χ1v) is 12.7. The summed E-state index contributed by atoms with van der Waals surface area (Å²) in [6.07, 6.45) is -1.93. The molecule has 0 spiro atoms. The number of anilines is 3. The first-order chi connectivity index (χ1) is 18.0. The van der Waals surface area contributed by atoms with E-state index in [0.29, 0.717) is 31.0 Å². The molecule has 3 aromatic rings. The number of carbonyl (C=O) groups is 1. The second-order valence-electron chi connectivity index (χ2n) is 9.80. The Morgan fingerprint density at radius 1 is 1.13 bits per heavy atom. The van der Waals surface area contributed by atoms with Crippen LogP contribution in [0.25, 0.3) is 0 Å². The molecule has 2 heterocycles. The average molecular weight is 527 g/mol. The van der Waals surface area contributed by atoms with Crippen molar-refractivity contribution in [2.24, 2.45) is 0 Å². The molecule has 4 N–H and O–H groups in total. The maximum atomic E-state index is 14.0. The molecule has 1 saturated heterocycles. The molecule has 38 heavy (non-hydrogen) atoms. The van der Waals surface area contributed by atoms with Crippen LogP contribution in [-0.2, 0) is 13.0 Å². The van der Waals surface area contributed by atoms with Gasteiger partial charge in [-0.2, -0.15) is 13.2 Å². The molecule has 10 heteroatoms. The summed E-state index contributed by atoms with van der Waals surface area (Å²) in [7, 11) is 0. The highest BCUT2D eigenvalue weighted by Crippen LogP contribution is 2.33. The number of benzene rings is 2. The summed E-state index contributed by atoms with van der Waals surface area (Å²) in [6.45, 7) is 6.30. The summed E-state index contributed by atoms with van der Waals surface area (Å²) in [4.78, 5) is 22.9. The van der Waals surface area contributed by atoms with Crippen LogP contribution < -0.4 is 16.4 Å². The first kappa shape index (κ1) is 27.4. The number of nitrogens with two attached hydrogens (primary N) is 1. The number of amides is 1. The highest BCUT2D eigenvalue weighted by molar-refractivity contribution is 5.94. The quantitative estimate of drug-likeness (QED) is 0.361. The number of likely N-dealkylation sites (tertiary alicyclic amines) is 1. The smallest absolute Gasteiger partial charge is 0.399 e. The average Bonchev–Trinajstić information content (AvgIpc) is 2.86. The fraction of sp³-hybridized carbons (Fsp3) is 0.393. The minimum Gasteiger partial charge on any atom is -0.399 e. The molecule has 2 unspecified atom stereocenters. The van der Waals surface area contributed by atoms with E-state index in [1.165, 1.54) is 24.3 Å². The van der Waals surface area contributed by atoms with Crippen molar-refractivity contribution in [2.75, 3.05) is 17.6 Å². The molecular weight excluding hydrogens is 493 g/mol. The normalized spacial score (nSPS) is 17.9. The van der Waals surface area contributed by atoms with E-state index in [9.17, 15) is 18.0 Å². The van der Waals surface area contributed by atoms with Crippen LogP contribution in [-0.4, -0.2) is 45.6 Å². The van der Waals surface area contributed by atoms with Crippen LogP contribution in [0.1, 0.15) is 52.5 Å². The van der Waals surface area contributed by atoms with E-state index in [1.54, 1.807) is 6.20 Å². The second kappa shape index (κ2) is 11.4. The van der Waals surface area contributed by atoms with Crippen LogP contribution in [0.4, 0.5) is 30.5 Å². The second-order valence-corrected chi connectivity index (χ2v) is 9.80. The molecule has 0 bridgehead atoms. The summed E-state index contributed by atoms with van der Waals surface area (Å²) in [5.41, 5.74) is 11.0. The van der Waals surface area contributed by atoms with E-state index in [0.717, 1.165) is 33.0 Å². The minimum atomic E-state index is -4.55. The number of alkyl halides is 3. The van der Waals surface area contributed by atoms with E-state index < -0.39 is 24.2 Å². The van der Waals surface area contributed by atoms with Gasteiger partial charge < -0.3 is 21.3 Å². The zero-order valence-electron chi connectivity index (χ0n) is 21.8. The third kappa shape index (κ3) is 6.61. The summed E-state index contributed by atoms with van der Waals surface area (Å²) in [5.74, 6) is -0.210. The van der Waals surface area contributed by atoms with Crippen LogP contribution in [0, 0.1) is 13.8 Å². The Balaban J connectivity index is 1.46. The highest BCUT2D eigenvalue weighted by atomic mass is 19.4. The summed E-state index contributed by atoms with van der Waals surface area (Å²) in [5, 5.41) is 6.49. The van der Waals surface area contributed by atoms with E-state index in [2.05, 4.69) is 26.7 Å². The van der Waals surface area contributed by atoms with Gasteiger partial charge >= 0.3 is 6.18 Å². The molecule has 0 radical (unpaired) electrons. The van der Waals surface area contributed by atoms with Gasteiger partial charge in [-0.1, -0.05) is 13.0 Å². The van der Waals surface area contributed by atoms with Gasteiger partial charge in [-0.25, -0.2) is 9.97 Å². The highest BCUT2D eigenvalue weighted by Gasteiger charge is 2.48. The molecule has 0 aliphatic carbocycles. The van der Waals surface area contributed by atoms with Crippen molar-refractivity contribution in [3.05, 3.63) is 76.6 Å². The SMILES string of the molecule is CCc1cnc(Nc2cc(C)cc(C)c2)nc1CNC1CCN(C(=O)c2ccc(N)cc2)C(C(F)(F)F)C1. The predicted octanol–water partition coefficient (Wildman–Crippen LogP) is 5.31. The van der Waals surface area contributed by atoms with Crippen molar-refractivity contribution >= 4 is 23.2 Å². The van der Waals surface area contributed by atoms with Crippen molar-refractivity contribution in [1.82, 2.24) is 20.2 Å². The van der Waals surface area contributed by atoms with Gasteiger partial charge in [-0.3, -0.25) is 4.79 Å². The lowest BCUT2D eigenvalue weighted by atomic mass is 9.95. The predicted molar refractivity (Wildman–Crippen MR) is 142 cm³/mol. The molecule has 4 rings (SSSR count). The van der Waals surface area contributed by atoms with Gasteiger partial charge in [0, 0.05) is 42.3 Å². The molecular formula is C28H33F3N6O. The number of carbonyl (C=O) groups excluding carboxylic acids is 1. The van der Waals surface area contributed by atoms with Crippen molar-refractivity contribution in [3.63, 3.8) is 0 Å². The summed E-state index contributed by atoms with van der Waals surface area (Å²) < 4.78 is 42.1. The van der Waals surface area contributed by atoms with Gasteiger partial charge in [0.2, 0.25) is 5.95 Å². The third-order valence-corrected chi connectivity index (χ3v) is 6.77. The number of halogens is 3. The van der Waals surface area contributed by atoms with E-state index >= 15 is 0 Å². The molecule has 1 fully saturated rings. The van der Waals surface area contributed by atoms with Crippen LogP contribution >= 0.6 is 0 Å². The number of aromatic nitrogens is 2. The van der Waals surface area contributed by atoms with Crippen molar-refractivity contribution < 1.29 is 18.0 Å². The van der Waals surface area contributed by atoms with Gasteiger partial charge in [0.25, 0.3) is 5.91 Å².